The fourth-order valence-corrected chi connectivity index (χ4v) is 13.4. The van der Waals surface area contributed by atoms with E-state index in [0.29, 0.717) is 103 Å². The van der Waals surface area contributed by atoms with Crippen LogP contribution in [0.1, 0.15) is 149 Å². The highest BCUT2D eigenvalue weighted by atomic mass is 16.5. The number of imide groups is 1. The zero-order chi connectivity index (χ0) is 66.4. The zero-order valence-electron chi connectivity index (χ0n) is 55.5. The molecule has 6 aliphatic rings. The molecule has 94 heavy (non-hydrogen) atoms. The Balaban J connectivity index is 0.653. The van der Waals surface area contributed by atoms with E-state index in [0.717, 1.165) is 80.4 Å². The molecule has 6 amide bonds. The lowest BCUT2D eigenvalue weighted by atomic mass is 9.81. The van der Waals surface area contributed by atoms with Crippen molar-refractivity contribution in [1.29, 1.82) is 0 Å². The SMILES string of the molecule is COc1cc(C=O)c(N=CC2CC(c3ccc(NC(=O)C(C)NC(=O)C(NC(=O)CCCCCN4C(=O)CC(C5CCCCCCC5)C4=O)C(C)C)cc3)=CN2C)cc1OCCCOc1cc2c(cc1OC)C(=O)N1C=C(c3ccc(N4CCN(C)CC4)cc3)CC1C=N2. The fourth-order valence-electron chi connectivity index (χ4n) is 13.4. The first-order valence-electron chi connectivity index (χ1n) is 33.6. The van der Waals surface area contributed by atoms with Crippen LogP contribution in [-0.2, 0) is 24.0 Å². The van der Waals surface area contributed by atoms with Gasteiger partial charge in [0, 0.05) is 119 Å². The average Bonchev–Trinajstić information content (AvgIpc) is 1.63. The van der Waals surface area contributed by atoms with Crippen LogP contribution >= 0.6 is 0 Å². The van der Waals surface area contributed by atoms with Gasteiger partial charge in [0.1, 0.15) is 12.1 Å². The maximum Gasteiger partial charge on any atom is 0.260 e. The summed E-state index contributed by atoms with van der Waals surface area (Å²) in [6.45, 7) is 10.2. The summed E-state index contributed by atoms with van der Waals surface area (Å²) in [5, 5.41) is 8.51. The number of unbranched alkanes of at least 4 members (excludes halogenated alkanes) is 2. The molecule has 4 aromatic rings. The van der Waals surface area contributed by atoms with Crippen LogP contribution in [0.3, 0.4) is 0 Å². The minimum Gasteiger partial charge on any atom is -0.493 e. The van der Waals surface area contributed by atoms with E-state index in [1.54, 1.807) is 54.4 Å². The Labute approximate surface area is 552 Å². The van der Waals surface area contributed by atoms with E-state index in [4.69, 9.17) is 28.9 Å². The molecule has 4 aromatic carbocycles. The van der Waals surface area contributed by atoms with E-state index in [1.807, 2.05) is 56.5 Å². The number of aldehydes is 1. The van der Waals surface area contributed by atoms with Gasteiger partial charge in [-0.25, -0.2) is 0 Å². The first-order valence-corrected chi connectivity index (χ1v) is 33.6. The Kier molecular flexibility index (Phi) is 23.0. The van der Waals surface area contributed by atoms with E-state index in [-0.39, 0.29) is 73.1 Å². The number of hydrogen-bond donors (Lipinski definition) is 3. The number of piperazine rings is 1. The third kappa shape index (κ3) is 16.7. The fraction of sp³-hybridized carbons (Fsp3) is 0.493. The van der Waals surface area contributed by atoms with Gasteiger partial charge in [0.25, 0.3) is 5.91 Å². The summed E-state index contributed by atoms with van der Waals surface area (Å²) in [4.78, 5) is 112. The van der Waals surface area contributed by atoms with E-state index in [9.17, 15) is 33.6 Å². The van der Waals surface area contributed by atoms with Gasteiger partial charge in [-0.05, 0) is 117 Å². The number of amides is 6. The molecule has 0 spiro atoms. The second-order valence-electron chi connectivity index (χ2n) is 26.1. The van der Waals surface area contributed by atoms with Crippen molar-refractivity contribution in [2.45, 2.75) is 141 Å². The summed E-state index contributed by atoms with van der Waals surface area (Å²) >= 11 is 0. The minimum absolute atomic E-state index is 0.0295. The largest absolute Gasteiger partial charge is 0.493 e. The van der Waals surface area contributed by atoms with Crippen molar-refractivity contribution in [1.82, 2.24) is 30.2 Å². The molecule has 5 heterocycles. The van der Waals surface area contributed by atoms with Crippen molar-refractivity contribution in [3.05, 3.63) is 107 Å². The molecule has 10 rings (SSSR count). The quantitative estimate of drug-likeness (QED) is 0.0218. The number of methoxy groups -OCH3 is 2. The first kappa shape index (κ1) is 68.0. The maximum absolute atomic E-state index is 14.1. The number of hydrogen-bond acceptors (Lipinski definition) is 16. The van der Waals surface area contributed by atoms with Gasteiger partial charge in [-0.3, -0.25) is 48.4 Å². The van der Waals surface area contributed by atoms with Crippen molar-refractivity contribution >= 4 is 88.1 Å². The number of fused-ring (bicyclic) bond motifs is 2. The van der Waals surface area contributed by atoms with Gasteiger partial charge in [0.05, 0.1) is 62.4 Å². The summed E-state index contributed by atoms with van der Waals surface area (Å²) in [7, 11) is 7.15. The molecule has 5 unspecified atom stereocenters. The number of aliphatic imine (C=N–C) groups is 2. The molecule has 1 saturated carbocycles. The van der Waals surface area contributed by atoms with Gasteiger partial charge in [-0.15, -0.1) is 0 Å². The van der Waals surface area contributed by atoms with E-state index in [2.05, 4.69) is 57.1 Å². The number of likely N-dealkylation sites (N-methyl/N-ethyl adjacent to an activating group) is 1. The molecule has 500 valence electrons. The van der Waals surface area contributed by atoms with Crippen LogP contribution in [0.2, 0.25) is 0 Å². The van der Waals surface area contributed by atoms with Crippen LogP contribution < -0.4 is 39.8 Å². The molecule has 5 atom stereocenters. The maximum atomic E-state index is 14.1. The predicted molar refractivity (Wildman–Crippen MR) is 365 cm³/mol. The number of nitrogens with one attached hydrogen (secondary N) is 3. The van der Waals surface area contributed by atoms with Gasteiger partial charge in [-0.1, -0.05) is 76.6 Å². The van der Waals surface area contributed by atoms with Crippen LogP contribution in [0, 0.1) is 17.8 Å². The molecule has 0 bridgehead atoms. The summed E-state index contributed by atoms with van der Waals surface area (Å²) in [6.07, 6.45) is 20.3. The number of nitrogens with zero attached hydrogens (tertiary/aromatic N) is 7. The first-order chi connectivity index (χ1) is 45.5. The molecule has 3 fully saturated rings. The number of carbonyl (C=O) groups is 7. The topological polar surface area (TPSA) is 233 Å². The van der Waals surface area contributed by atoms with E-state index < -0.39 is 23.9 Å². The smallest absolute Gasteiger partial charge is 0.260 e. The van der Waals surface area contributed by atoms with Crippen molar-refractivity contribution in [3.63, 3.8) is 0 Å². The normalized spacial score (nSPS) is 20.0. The molecule has 2 saturated heterocycles. The van der Waals surface area contributed by atoms with Crippen LogP contribution in [0.15, 0.2) is 95.2 Å². The molecule has 21 heteroatoms. The van der Waals surface area contributed by atoms with Crippen molar-refractivity contribution in [2.24, 2.45) is 27.7 Å². The van der Waals surface area contributed by atoms with E-state index >= 15 is 0 Å². The number of benzene rings is 4. The lowest BCUT2D eigenvalue weighted by Gasteiger charge is -2.34. The molecule has 5 aliphatic heterocycles. The lowest BCUT2D eigenvalue weighted by Crippen LogP contribution is -2.53. The Bertz CT molecular complexity index is 3510. The number of ether oxygens (including phenoxy) is 4. The van der Waals surface area contributed by atoms with Crippen molar-refractivity contribution in [2.75, 3.05) is 84.5 Å². The highest BCUT2D eigenvalue weighted by molar-refractivity contribution is 6.06. The standard InChI is InChI=1S/C73H92N10O11/c1-47(2)69(78-67(85)19-14-11-15-28-82-68(86)39-59(72(82)89)51-17-12-9-8-10-13-18-51)71(88)76-48(3)70(87)77-55-24-20-49(21-25-55)52-35-57(80(5)44-52)42-74-61-40-65(63(91-6)37-54(61)46-84)93-33-16-34-94-66-41-62-60(38-64(66)92-7)73(90)83-45-53(36-58(83)43-75-62)50-22-26-56(27-23-50)81-31-29-79(4)30-32-81/h20-27,37-38,40-48,51,57-59,69H,8-19,28-36,39H2,1-7H3,(H,76,88)(H,77,87)(H,78,85). The summed E-state index contributed by atoms with van der Waals surface area (Å²) < 4.78 is 23.8. The number of rotatable bonds is 27. The van der Waals surface area contributed by atoms with Gasteiger partial charge in [0.2, 0.25) is 29.5 Å². The Hall–Kier alpha value is -8.85. The lowest BCUT2D eigenvalue weighted by molar-refractivity contribution is -0.140. The summed E-state index contributed by atoms with van der Waals surface area (Å²) in [6, 6.07) is 20.6. The summed E-state index contributed by atoms with van der Waals surface area (Å²) in [5.41, 5.74) is 7.55. The molecular formula is C73H92N10O11. The van der Waals surface area contributed by atoms with Gasteiger partial charge >= 0.3 is 0 Å². The molecular weight excluding hydrogens is 1190 g/mol. The molecule has 3 N–H and O–H groups in total. The number of anilines is 2. The van der Waals surface area contributed by atoms with Gasteiger partial charge < -0.3 is 54.5 Å². The highest BCUT2D eigenvalue weighted by Crippen LogP contribution is 2.42. The zero-order valence-corrected chi connectivity index (χ0v) is 55.5. The van der Waals surface area contributed by atoms with Crippen molar-refractivity contribution < 1.29 is 52.5 Å². The minimum atomic E-state index is -0.907. The third-order valence-corrected chi connectivity index (χ3v) is 19.1. The molecule has 21 nitrogen and oxygen atoms in total. The van der Waals surface area contributed by atoms with Crippen molar-refractivity contribution in [3.8, 4) is 23.0 Å². The Morgan fingerprint density at radius 3 is 2.05 bits per heavy atom. The summed E-state index contributed by atoms with van der Waals surface area (Å²) in [5.74, 6) is 0.0357. The van der Waals surface area contributed by atoms with Gasteiger partial charge in [-0.2, -0.15) is 0 Å². The number of likely N-dealkylation sites (tertiary alicyclic amines) is 1. The van der Waals surface area contributed by atoms with Crippen LogP contribution in [0.25, 0.3) is 11.1 Å². The molecule has 0 radical (unpaired) electrons. The highest BCUT2D eigenvalue weighted by Gasteiger charge is 2.42. The van der Waals surface area contributed by atoms with Crippen LogP contribution in [-0.4, -0.2) is 172 Å². The Morgan fingerprint density at radius 1 is 0.713 bits per heavy atom. The molecule has 1 aliphatic carbocycles. The predicted octanol–water partition coefficient (Wildman–Crippen LogP) is 10.4. The second kappa shape index (κ2) is 31.9. The Morgan fingerprint density at radius 2 is 1.37 bits per heavy atom. The van der Waals surface area contributed by atoms with Crippen LogP contribution in [0.4, 0.5) is 22.7 Å². The molecule has 0 aromatic heterocycles. The van der Waals surface area contributed by atoms with Gasteiger partial charge in [0.15, 0.2) is 29.3 Å². The van der Waals surface area contributed by atoms with E-state index in [1.165, 1.54) is 44.1 Å². The third-order valence-electron chi connectivity index (χ3n) is 19.1. The number of carbonyl (C=O) groups excluding carboxylic acids is 7. The van der Waals surface area contributed by atoms with Crippen LogP contribution in [0.5, 0.6) is 23.0 Å². The second-order valence-corrected chi connectivity index (χ2v) is 26.1. The average molecular weight is 1290 g/mol. The monoisotopic (exact) mass is 1280 g/mol.